The maximum atomic E-state index is 10.9. The lowest BCUT2D eigenvalue weighted by Gasteiger charge is -2.17. The van der Waals surface area contributed by atoms with E-state index >= 15 is 0 Å². The Morgan fingerprint density at radius 3 is 2.31 bits per heavy atom. The van der Waals surface area contributed by atoms with Gasteiger partial charge in [0.1, 0.15) is 0 Å². The second-order valence-electron chi connectivity index (χ2n) is 4.51. The standard InChI is InChI=1S/C12H18N2O2/c1-7(2)12(13)10-5-8(3)9(4)11(6-10)14(15)16/h5-7,12H,13H2,1-4H3. The Labute approximate surface area is 95.6 Å². The summed E-state index contributed by atoms with van der Waals surface area (Å²) in [4.78, 5) is 10.5. The summed E-state index contributed by atoms with van der Waals surface area (Å²) >= 11 is 0. The third-order valence-corrected chi connectivity index (χ3v) is 2.96. The first kappa shape index (κ1) is 12.6. The van der Waals surface area contributed by atoms with Crippen LogP contribution in [-0.2, 0) is 0 Å². The van der Waals surface area contributed by atoms with E-state index in [-0.39, 0.29) is 22.6 Å². The molecule has 1 aromatic carbocycles. The summed E-state index contributed by atoms with van der Waals surface area (Å²) in [6.45, 7) is 7.65. The molecule has 1 rings (SSSR count). The Hall–Kier alpha value is -1.42. The van der Waals surface area contributed by atoms with Crippen LogP contribution in [0.3, 0.4) is 0 Å². The van der Waals surface area contributed by atoms with Crippen LogP contribution < -0.4 is 5.73 Å². The van der Waals surface area contributed by atoms with Gasteiger partial charge in [-0.25, -0.2) is 0 Å². The summed E-state index contributed by atoms with van der Waals surface area (Å²) in [5, 5.41) is 10.9. The molecule has 0 heterocycles. The Morgan fingerprint density at radius 2 is 1.88 bits per heavy atom. The average Bonchev–Trinajstić information content (AvgIpc) is 2.20. The van der Waals surface area contributed by atoms with Crippen molar-refractivity contribution in [3.05, 3.63) is 38.9 Å². The number of aryl methyl sites for hydroxylation is 1. The second kappa shape index (κ2) is 4.61. The Morgan fingerprint density at radius 1 is 1.31 bits per heavy atom. The Kier molecular flexibility index (Phi) is 3.65. The molecule has 0 aliphatic heterocycles. The normalized spacial score (nSPS) is 12.9. The topological polar surface area (TPSA) is 69.2 Å². The number of hydrogen-bond donors (Lipinski definition) is 1. The number of benzene rings is 1. The van der Waals surface area contributed by atoms with Crippen LogP contribution in [0.2, 0.25) is 0 Å². The lowest BCUT2D eigenvalue weighted by Crippen LogP contribution is -2.17. The van der Waals surface area contributed by atoms with Gasteiger partial charge in [0, 0.05) is 17.7 Å². The summed E-state index contributed by atoms with van der Waals surface area (Å²) in [7, 11) is 0. The minimum atomic E-state index is -0.348. The van der Waals surface area contributed by atoms with Crippen molar-refractivity contribution in [1.82, 2.24) is 0 Å². The van der Waals surface area contributed by atoms with Crippen LogP contribution in [0.5, 0.6) is 0 Å². The van der Waals surface area contributed by atoms with Crippen LogP contribution in [0.15, 0.2) is 12.1 Å². The zero-order chi connectivity index (χ0) is 12.5. The van der Waals surface area contributed by atoms with Crippen LogP contribution in [0.4, 0.5) is 5.69 Å². The lowest BCUT2D eigenvalue weighted by molar-refractivity contribution is -0.385. The van der Waals surface area contributed by atoms with Crippen molar-refractivity contribution in [2.45, 2.75) is 33.7 Å². The van der Waals surface area contributed by atoms with Crippen molar-refractivity contribution in [2.24, 2.45) is 11.7 Å². The fourth-order valence-corrected chi connectivity index (χ4v) is 1.64. The van der Waals surface area contributed by atoms with E-state index in [0.717, 1.165) is 11.1 Å². The van der Waals surface area contributed by atoms with E-state index in [2.05, 4.69) is 0 Å². The zero-order valence-electron chi connectivity index (χ0n) is 10.2. The van der Waals surface area contributed by atoms with Crippen molar-refractivity contribution < 1.29 is 4.92 Å². The highest BCUT2D eigenvalue weighted by atomic mass is 16.6. The summed E-state index contributed by atoms with van der Waals surface area (Å²) in [5.74, 6) is 0.265. The highest BCUT2D eigenvalue weighted by Gasteiger charge is 2.18. The second-order valence-corrected chi connectivity index (χ2v) is 4.51. The molecule has 4 heteroatoms. The summed E-state index contributed by atoms with van der Waals surface area (Å²) < 4.78 is 0. The minimum absolute atomic E-state index is 0.155. The average molecular weight is 222 g/mol. The molecule has 16 heavy (non-hydrogen) atoms. The molecule has 0 aliphatic rings. The van der Waals surface area contributed by atoms with Gasteiger partial charge in [-0.05, 0) is 30.9 Å². The molecule has 1 atom stereocenters. The van der Waals surface area contributed by atoms with Gasteiger partial charge in [0.05, 0.1) is 4.92 Å². The molecule has 0 aliphatic carbocycles. The molecule has 0 aromatic heterocycles. The van der Waals surface area contributed by atoms with Gasteiger partial charge in [-0.1, -0.05) is 19.9 Å². The molecule has 0 saturated heterocycles. The van der Waals surface area contributed by atoms with Gasteiger partial charge < -0.3 is 5.73 Å². The van der Waals surface area contributed by atoms with Gasteiger partial charge in [-0.15, -0.1) is 0 Å². The van der Waals surface area contributed by atoms with Gasteiger partial charge in [-0.2, -0.15) is 0 Å². The number of nitrogens with two attached hydrogens (primary N) is 1. The van der Waals surface area contributed by atoms with E-state index in [1.54, 1.807) is 13.0 Å². The molecular formula is C12H18N2O2. The third kappa shape index (κ3) is 2.39. The molecule has 2 N–H and O–H groups in total. The van der Waals surface area contributed by atoms with Crippen molar-refractivity contribution in [3.8, 4) is 0 Å². The molecular weight excluding hydrogens is 204 g/mol. The van der Waals surface area contributed by atoms with Gasteiger partial charge in [0.25, 0.3) is 5.69 Å². The van der Waals surface area contributed by atoms with Gasteiger partial charge in [0.2, 0.25) is 0 Å². The van der Waals surface area contributed by atoms with Gasteiger partial charge >= 0.3 is 0 Å². The maximum absolute atomic E-state index is 10.9. The van der Waals surface area contributed by atoms with Gasteiger partial charge in [-0.3, -0.25) is 10.1 Å². The largest absolute Gasteiger partial charge is 0.324 e. The van der Waals surface area contributed by atoms with Crippen molar-refractivity contribution in [1.29, 1.82) is 0 Å². The van der Waals surface area contributed by atoms with E-state index in [1.807, 2.05) is 26.8 Å². The first-order valence-electron chi connectivity index (χ1n) is 5.35. The lowest BCUT2D eigenvalue weighted by atomic mass is 9.93. The highest BCUT2D eigenvalue weighted by Crippen LogP contribution is 2.28. The molecule has 0 fully saturated rings. The molecule has 0 saturated carbocycles. The van der Waals surface area contributed by atoms with E-state index < -0.39 is 0 Å². The predicted molar refractivity (Wildman–Crippen MR) is 64.3 cm³/mol. The van der Waals surface area contributed by atoms with Crippen LogP contribution in [0.25, 0.3) is 0 Å². The third-order valence-electron chi connectivity index (χ3n) is 2.96. The summed E-state index contributed by atoms with van der Waals surface area (Å²) in [5.41, 5.74) is 8.63. The first-order valence-corrected chi connectivity index (χ1v) is 5.35. The van der Waals surface area contributed by atoms with Crippen LogP contribution >= 0.6 is 0 Å². The van der Waals surface area contributed by atoms with Crippen molar-refractivity contribution in [2.75, 3.05) is 0 Å². The molecule has 0 amide bonds. The fourth-order valence-electron chi connectivity index (χ4n) is 1.64. The van der Waals surface area contributed by atoms with E-state index in [1.165, 1.54) is 0 Å². The molecule has 4 nitrogen and oxygen atoms in total. The fraction of sp³-hybridized carbons (Fsp3) is 0.500. The minimum Gasteiger partial charge on any atom is -0.324 e. The molecule has 0 radical (unpaired) electrons. The molecule has 0 bridgehead atoms. The highest BCUT2D eigenvalue weighted by molar-refractivity contribution is 5.48. The van der Waals surface area contributed by atoms with Crippen LogP contribution in [0.1, 0.15) is 36.6 Å². The van der Waals surface area contributed by atoms with Crippen molar-refractivity contribution >= 4 is 5.69 Å². The molecule has 1 aromatic rings. The monoisotopic (exact) mass is 222 g/mol. The smallest absolute Gasteiger partial charge is 0.272 e. The number of nitro benzene ring substituents is 1. The number of nitrogens with zero attached hydrogens (tertiary/aromatic N) is 1. The van der Waals surface area contributed by atoms with Crippen LogP contribution in [-0.4, -0.2) is 4.92 Å². The number of rotatable bonds is 3. The summed E-state index contributed by atoms with van der Waals surface area (Å²) in [6, 6.07) is 3.37. The van der Waals surface area contributed by atoms with Gasteiger partial charge in [0.15, 0.2) is 0 Å². The molecule has 0 spiro atoms. The maximum Gasteiger partial charge on any atom is 0.272 e. The molecule has 88 valence electrons. The van der Waals surface area contributed by atoms with E-state index in [9.17, 15) is 10.1 Å². The summed E-state index contributed by atoms with van der Waals surface area (Å²) in [6.07, 6.45) is 0. The zero-order valence-corrected chi connectivity index (χ0v) is 10.2. The van der Waals surface area contributed by atoms with Crippen LogP contribution in [0, 0.1) is 29.9 Å². The molecule has 1 unspecified atom stereocenters. The number of hydrogen-bond acceptors (Lipinski definition) is 3. The SMILES string of the molecule is Cc1cc(C(N)C(C)C)cc([N+](=O)[O-])c1C. The Bertz CT molecular complexity index is 414. The number of nitro groups is 1. The Balaban J connectivity index is 3.29. The van der Waals surface area contributed by atoms with E-state index in [4.69, 9.17) is 5.73 Å². The quantitative estimate of drug-likeness (QED) is 0.631. The predicted octanol–water partition coefficient (Wildman–Crippen LogP) is 2.87. The van der Waals surface area contributed by atoms with Crippen molar-refractivity contribution in [3.63, 3.8) is 0 Å². The first-order chi connectivity index (χ1) is 7.34. The van der Waals surface area contributed by atoms with E-state index in [0.29, 0.717) is 5.56 Å².